The van der Waals surface area contributed by atoms with Gasteiger partial charge in [0, 0.05) is 12.1 Å². The molecule has 0 bridgehead atoms. The fourth-order valence-electron chi connectivity index (χ4n) is 3.85. The smallest absolute Gasteiger partial charge is 0.162 e. The van der Waals surface area contributed by atoms with Gasteiger partial charge in [0.1, 0.15) is 5.75 Å². The molecule has 1 aliphatic rings. The SMILES string of the molecule is COc1ccc(N[C@@H](c2ccccc2)c2ccccc2CC2O[C@H](C)[C@@H](C)O2)cc1. The summed E-state index contributed by atoms with van der Waals surface area (Å²) in [6.07, 6.45) is 0.737. The lowest BCUT2D eigenvalue weighted by atomic mass is 9.92. The van der Waals surface area contributed by atoms with Crippen molar-refractivity contribution in [2.45, 2.75) is 44.8 Å². The highest BCUT2D eigenvalue weighted by atomic mass is 16.7. The van der Waals surface area contributed by atoms with E-state index in [1.54, 1.807) is 7.11 Å². The normalized spacial score (nSPS) is 20.1. The van der Waals surface area contributed by atoms with Gasteiger partial charge in [-0.1, -0.05) is 54.6 Å². The monoisotopic (exact) mass is 403 g/mol. The van der Waals surface area contributed by atoms with Crippen LogP contribution < -0.4 is 10.1 Å². The number of benzene rings is 3. The van der Waals surface area contributed by atoms with Crippen molar-refractivity contribution >= 4 is 5.69 Å². The van der Waals surface area contributed by atoms with Gasteiger partial charge in [-0.25, -0.2) is 0 Å². The molecular weight excluding hydrogens is 374 g/mol. The molecule has 0 spiro atoms. The van der Waals surface area contributed by atoms with Crippen molar-refractivity contribution in [1.29, 1.82) is 0 Å². The highest BCUT2D eigenvalue weighted by molar-refractivity contribution is 5.52. The Morgan fingerprint density at radius 3 is 2.13 bits per heavy atom. The van der Waals surface area contributed by atoms with E-state index in [9.17, 15) is 0 Å². The van der Waals surface area contributed by atoms with Crippen LogP contribution in [0.25, 0.3) is 0 Å². The number of hydrogen-bond acceptors (Lipinski definition) is 4. The van der Waals surface area contributed by atoms with Gasteiger partial charge in [0.15, 0.2) is 6.29 Å². The molecule has 30 heavy (non-hydrogen) atoms. The Bertz CT molecular complexity index is 932. The summed E-state index contributed by atoms with van der Waals surface area (Å²) >= 11 is 0. The molecule has 0 saturated carbocycles. The van der Waals surface area contributed by atoms with E-state index in [-0.39, 0.29) is 24.5 Å². The van der Waals surface area contributed by atoms with Gasteiger partial charge < -0.3 is 19.5 Å². The van der Waals surface area contributed by atoms with Crippen LogP contribution in [-0.4, -0.2) is 25.6 Å². The first-order valence-corrected chi connectivity index (χ1v) is 10.5. The Morgan fingerprint density at radius 2 is 1.47 bits per heavy atom. The van der Waals surface area contributed by atoms with E-state index in [1.807, 2.05) is 30.3 Å². The third-order valence-corrected chi connectivity index (χ3v) is 5.68. The maximum Gasteiger partial charge on any atom is 0.162 e. The van der Waals surface area contributed by atoms with Crippen LogP contribution in [0.1, 0.15) is 36.6 Å². The maximum atomic E-state index is 6.01. The number of methoxy groups -OCH3 is 1. The first-order valence-electron chi connectivity index (χ1n) is 10.5. The van der Waals surface area contributed by atoms with Gasteiger partial charge in [-0.2, -0.15) is 0 Å². The zero-order chi connectivity index (χ0) is 20.9. The Morgan fingerprint density at radius 1 is 0.833 bits per heavy atom. The van der Waals surface area contributed by atoms with Crippen molar-refractivity contribution in [2.75, 3.05) is 12.4 Å². The van der Waals surface area contributed by atoms with Gasteiger partial charge in [-0.3, -0.25) is 0 Å². The third kappa shape index (κ3) is 4.66. The van der Waals surface area contributed by atoms with Crippen molar-refractivity contribution in [1.82, 2.24) is 0 Å². The van der Waals surface area contributed by atoms with Crippen LogP contribution in [0, 0.1) is 0 Å². The number of rotatable bonds is 7. The predicted molar refractivity (Wildman–Crippen MR) is 120 cm³/mol. The van der Waals surface area contributed by atoms with E-state index < -0.39 is 0 Å². The molecule has 0 aliphatic carbocycles. The van der Waals surface area contributed by atoms with E-state index in [4.69, 9.17) is 14.2 Å². The Kier molecular flexibility index (Phi) is 6.36. The summed E-state index contributed by atoms with van der Waals surface area (Å²) in [5, 5.41) is 3.71. The summed E-state index contributed by atoms with van der Waals surface area (Å²) in [5.41, 5.74) is 4.68. The molecule has 4 rings (SSSR count). The van der Waals surface area contributed by atoms with Crippen LogP contribution in [0.2, 0.25) is 0 Å². The summed E-state index contributed by atoms with van der Waals surface area (Å²) in [6.45, 7) is 4.13. The second kappa shape index (κ2) is 9.33. The van der Waals surface area contributed by atoms with Crippen molar-refractivity contribution < 1.29 is 14.2 Å². The second-order valence-electron chi connectivity index (χ2n) is 7.73. The van der Waals surface area contributed by atoms with Gasteiger partial charge in [0.25, 0.3) is 0 Å². The standard InChI is InChI=1S/C26H29NO3/c1-18-19(2)30-25(29-18)17-21-11-7-8-12-24(21)26(20-9-5-4-6-10-20)27-22-13-15-23(28-3)16-14-22/h4-16,18-19,25-27H,17H2,1-3H3/t18-,19-,26+/m1/s1. The molecule has 3 atom stereocenters. The summed E-state index contributed by atoms with van der Waals surface area (Å²) in [6, 6.07) is 27.1. The fourth-order valence-corrected chi connectivity index (χ4v) is 3.85. The van der Waals surface area contributed by atoms with E-state index >= 15 is 0 Å². The summed E-state index contributed by atoms with van der Waals surface area (Å²) < 4.78 is 17.3. The van der Waals surface area contributed by atoms with Gasteiger partial charge in [0.2, 0.25) is 0 Å². The first-order chi connectivity index (χ1) is 14.6. The van der Waals surface area contributed by atoms with Crippen LogP contribution in [0.3, 0.4) is 0 Å². The molecule has 1 N–H and O–H groups in total. The molecule has 0 unspecified atom stereocenters. The summed E-state index contributed by atoms with van der Waals surface area (Å²) in [5.74, 6) is 0.844. The molecule has 156 valence electrons. The van der Waals surface area contributed by atoms with Crippen LogP contribution in [-0.2, 0) is 15.9 Å². The minimum atomic E-state index is -0.214. The average Bonchev–Trinajstić information content (AvgIpc) is 3.10. The molecule has 1 heterocycles. The van der Waals surface area contributed by atoms with Gasteiger partial charge in [-0.05, 0) is 54.8 Å². The maximum absolute atomic E-state index is 6.01. The largest absolute Gasteiger partial charge is 0.497 e. The van der Waals surface area contributed by atoms with Crippen molar-refractivity contribution in [3.63, 3.8) is 0 Å². The number of anilines is 1. The lowest BCUT2D eigenvalue weighted by Crippen LogP contribution is -2.18. The number of nitrogens with one attached hydrogen (secondary N) is 1. The minimum absolute atomic E-state index is 0.00652. The molecular formula is C26H29NO3. The predicted octanol–water partition coefficient (Wildman–Crippen LogP) is 5.59. The van der Waals surface area contributed by atoms with Gasteiger partial charge in [0.05, 0.1) is 25.4 Å². The van der Waals surface area contributed by atoms with E-state index in [2.05, 4.69) is 67.7 Å². The zero-order valence-corrected chi connectivity index (χ0v) is 17.7. The van der Waals surface area contributed by atoms with Crippen LogP contribution in [0.15, 0.2) is 78.9 Å². The molecule has 3 aromatic rings. The number of ether oxygens (including phenoxy) is 3. The Labute approximate surface area is 178 Å². The fraction of sp³-hybridized carbons (Fsp3) is 0.308. The highest BCUT2D eigenvalue weighted by Crippen LogP contribution is 2.32. The molecule has 4 nitrogen and oxygen atoms in total. The molecule has 3 aromatic carbocycles. The lowest BCUT2D eigenvalue weighted by Gasteiger charge is -2.24. The molecule has 0 amide bonds. The quantitative estimate of drug-likeness (QED) is 0.558. The number of hydrogen-bond donors (Lipinski definition) is 1. The molecule has 0 aromatic heterocycles. The van der Waals surface area contributed by atoms with E-state index in [0.29, 0.717) is 0 Å². The van der Waals surface area contributed by atoms with Crippen LogP contribution in [0.5, 0.6) is 5.75 Å². The Balaban J connectivity index is 1.65. The van der Waals surface area contributed by atoms with E-state index in [0.717, 1.165) is 17.9 Å². The van der Waals surface area contributed by atoms with Crippen molar-refractivity contribution in [3.8, 4) is 5.75 Å². The second-order valence-corrected chi connectivity index (χ2v) is 7.73. The lowest BCUT2D eigenvalue weighted by molar-refractivity contribution is -0.0608. The highest BCUT2D eigenvalue weighted by Gasteiger charge is 2.30. The summed E-state index contributed by atoms with van der Waals surface area (Å²) in [7, 11) is 1.68. The minimum Gasteiger partial charge on any atom is -0.497 e. The summed E-state index contributed by atoms with van der Waals surface area (Å²) in [4.78, 5) is 0. The van der Waals surface area contributed by atoms with Crippen molar-refractivity contribution in [2.24, 2.45) is 0 Å². The third-order valence-electron chi connectivity index (χ3n) is 5.68. The molecule has 4 heteroatoms. The average molecular weight is 404 g/mol. The molecule has 0 radical (unpaired) electrons. The van der Waals surface area contributed by atoms with Crippen molar-refractivity contribution in [3.05, 3.63) is 95.6 Å². The molecule has 1 aliphatic heterocycles. The van der Waals surface area contributed by atoms with Crippen LogP contribution in [0.4, 0.5) is 5.69 Å². The van der Waals surface area contributed by atoms with Gasteiger partial charge in [-0.15, -0.1) is 0 Å². The van der Waals surface area contributed by atoms with Gasteiger partial charge >= 0.3 is 0 Å². The Hall–Kier alpha value is -2.82. The zero-order valence-electron chi connectivity index (χ0n) is 17.7. The van der Waals surface area contributed by atoms with Crippen LogP contribution >= 0.6 is 0 Å². The van der Waals surface area contributed by atoms with E-state index in [1.165, 1.54) is 16.7 Å². The molecule has 1 saturated heterocycles. The first kappa shape index (κ1) is 20.5. The molecule has 1 fully saturated rings. The topological polar surface area (TPSA) is 39.7 Å².